The number of fused-ring (bicyclic) bond motifs is 1. The van der Waals surface area contributed by atoms with Crippen LogP contribution in [-0.4, -0.2) is 33.2 Å². The van der Waals surface area contributed by atoms with Crippen LogP contribution in [0.25, 0.3) is 10.9 Å². The molecule has 1 aliphatic rings. The van der Waals surface area contributed by atoms with E-state index in [0.29, 0.717) is 5.92 Å². The second-order valence-electron chi connectivity index (χ2n) is 6.37. The van der Waals surface area contributed by atoms with Gasteiger partial charge in [0.05, 0.1) is 6.20 Å². The number of nitrogens with one attached hydrogen (secondary N) is 2. The Morgan fingerprint density at radius 3 is 2.82 bits per heavy atom. The Morgan fingerprint density at radius 2 is 2.05 bits per heavy atom. The molecule has 2 aromatic heterocycles. The van der Waals surface area contributed by atoms with Gasteiger partial charge in [0.15, 0.2) is 0 Å². The molecule has 0 unspecified atom stereocenters. The molecular formula is C18H22N4. The summed E-state index contributed by atoms with van der Waals surface area (Å²) in [5.74, 6) is 0.678. The SMILES string of the molecule is Cc1[nH]c2ccccc2c1C1CCN(Cc2cn[nH]c2)CC1. The Morgan fingerprint density at radius 1 is 1.23 bits per heavy atom. The minimum atomic E-state index is 0.678. The predicted molar refractivity (Wildman–Crippen MR) is 88.9 cm³/mol. The van der Waals surface area contributed by atoms with E-state index in [-0.39, 0.29) is 0 Å². The van der Waals surface area contributed by atoms with Crippen LogP contribution >= 0.6 is 0 Å². The van der Waals surface area contributed by atoms with Crippen LogP contribution in [0.5, 0.6) is 0 Å². The molecule has 4 nitrogen and oxygen atoms in total. The molecule has 1 fully saturated rings. The first-order valence-corrected chi connectivity index (χ1v) is 8.08. The first kappa shape index (κ1) is 13.6. The van der Waals surface area contributed by atoms with Gasteiger partial charge in [-0.15, -0.1) is 0 Å². The number of likely N-dealkylation sites (tertiary alicyclic amines) is 1. The van der Waals surface area contributed by atoms with Gasteiger partial charge in [0.1, 0.15) is 0 Å². The van der Waals surface area contributed by atoms with E-state index in [2.05, 4.69) is 51.3 Å². The molecule has 0 saturated carbocycles. The van der Waals surface area contributed by atoms with Crippen molar-refractivity contribution in [3.05, 3.63) is 53.5 Å². The predicted octanol–water partition coefficient (Wildman–Crippen LogP) is 3.58. The average Bonchev–Trinajstić information content (AvgIpc) is 3.15. The molecular weight excluding hydrogens is 272 g/mol. The van der Waals surface area contributed by atoms with E-state index >= 15 is 0 Å². The lowest BCUT2D eigenvalue weighted by Gasteiger charge is -2.32. The fourth-order valence-electron chi connectivity index (χ4n) is 3.83. The molecule has 1 saturated heterocycles. The number of aryl methyl sites for hydroxylation is 1. The standard InChI is InChI=1S/C18H22N4/c1-13-18(16-4-2-3-5-17(16)21-13)15-6-8-22(9-7-15)12-14-10-19-20-11-14/h2-5,10-11,15,21H,6-9,12H2,1H3,(H,19,20). The summed E-state index contributed by atoms with van der Waals surface area (Å²) < 4.78 is 0. The number of H-pyrrole nitrogens is 2. The van der Waals surface area contributed by atoms with Gasteiger partial charge in [-0.3, -0.25) is 10.00 Å². The summed E-state index contributed by atoms with van der Waals surface area (Å²) in [6, 6.07) is 8.69. The highest BCUT2D eigenvalue weighted by atomic mass is 15.1. The molecule has 4 heteroatoms. The Bertz CT molecular complexity index is 749. The maximum atomic E-state index is 4.03. The third-order valence-corrected chi connectivity index (χ3v) is 4.90. The topological polar surface area (TPSA) is 47.7 Å². The third-order valence-electron chi connectivity index (χ3n) is 4.90. The van der Waals surface area contributed by atoms with E-state index in [4.69, 9.17) is 0 Å². The third kappa shape index (κ3) is 2.44. The maximum absolute atomic E-state index is 4.03. The summed E-state index contributed by atoms with van der Waals surface area (Å²) in [6.45, 7) is 5.55. The number of hydrogen-bond donors (Lipinski definition) is 2. The van der Waals surface area contributed by atoms with Gasteiger partial charge < -0.3 is 4.98 Å². The van der Waals surface area contributed by atoms with E-state index in [1.54, 1.807) is 5.56 Å². The van der Waals surface area contributed by atoms with Crippen LogP contribution in [0.3, 0.4) is 0 Å². The molecule has 0 amide bonds. The van der Waals surface area contributed by atoms with E-state index in [1.807, 2.05) is 12.4 Å². The van der Waals surface area contributed by atoms with Crippen molar-refractivity contribution in [2.75, 3.05) is 13.1 Å². The molecule has 0 bridgehead atoms. The first-order valence-electron chi connectivity index (χ1n) is 8.08. The fourth-order valence-corrected chi connectivity index (χ4v) is 3.83. The zero-order valence-electron chi connectivity index (χ0n) is 13.0. The lowest BCUT2D eigenvalue weighted by molar-refractivity contribution is 0.205. The van der Waals surface area contributed by atoms with Gasteiger partial charge >= 0.3 is 0 Å². The number of nitrogens with zero attached hydrogens (tertiary/aromatic N) is 2. The molecule has 3 aromatic rings. The van der Waals surface area contributed by atoms with E-state index in [9.17, 15) is 0 Å². The van der Waals surface area contributed by atoms with E-state index in [1.165, 1.54) is 35.0 Å². The molecule has 22 heavy (non-hydrogen) atoms. The fraction of sp³-hybridized carbons (Fsp3) is 0.389. The number of benzene rings is 1. The second kappa shape index (κ2) is 5.61. The molecule has 114 valence electrons. The molecule has 0 radical (unpaired) electrons. The quantitative estimate of drug-likeness (QED) is 0.775. The molecule has 1 aromatic carbocycles. The van der Waals surface area contributed by atoms with Gasteiger partial charge in [-0.05, 0) is 50.4 Å². The molecule has 3 heterocycles. The van der Waals surface area contributed by atoms with Crippen LogP contribution in [-0.2, 0) is 6.54 Å². The largest absolute Gasteiger partial charge is 0.358 e. The lowest BCUT2D eigenvalue weighted by atomic mass is 9.87. The van der Waals surface area contributed by atoms with Crippen LogP contribution in [0.2, 0.25) is 0 Å². The molecule has 0 aliphatic carbocycles. The summed E-state index contributed by atoms with van der Waals surface area (Å²) in [5, 5.41) is 8.34. The van der Waals surface area contributed by atoms with Crippen molar-refractivity contribution in [2.45, 2.75) is 32.2 Å². The van der Waals surface area contributed by atoms with Crippen molar-refractivity contribution >= 4 is 10.9 Å². The van der Waals surface area contributed by atoms with Crippen molar-refractivity contribution in [2.24, 2.45) is 0 Å². The normalized spacial score (nSPS) is 17.3. The zero-order chi connectivity index (χ0) is 14.9. The highest BCUT2D eigenvalue weighted by Crippen LogP contribution is 2.35. The summed E-state index contributed by atoms with van der Waals surface area (Å²) in [4.78, 5) is 6.08. The number of aromatic amines is 2. The summed E-state index contributed by atoms with van der Waals surface area (Å²) >= 11 is 0. The molecule has 4 rings (SSSR count). The van der Waals surface area contributed by atoms with Crippen molar-refractivity contribution in [1.29, 1.82) is 0 Å². The van der Waals surface area contributed by atoms with E-state index in [0.717, 1.165) is 19.6 Å². The number of rotatable bonds is 3. The lowest BCUT2D eigenvalue weighted by Crippen LogP contribution is -2.32. The molecule has 1 aliphatic heterocycles. The highest BCUT2D eigenvalue weighted by Gasteiger charge is 2.24. The Labute approximate surface area is 130 Å². The smallest absolute Gasteiger partial charge is 0.0532 e. The van der Waals surface area contributed by atoms with Crippen molar-refractivity contribution < 1.29 is 0 Å². The Balaban J connectivity index is 1.50. The van der Waals surface area contributed by atoms with Gasteiger partial charge in [-0.1, -0.05) is 18.2 Å². The van der Waals surface area contributed by atoms with Crippen LogP contribution in [0, 0.1) is 6.92 Å². The number of hydrogen-bond acceptors (Lipinski definition) is 2. The van der Waals surface area contributed by atoms with Gasteiger partial charge in [0, 0.05) is 34.9 Å². The van der Waals surface area contributed by atoms with Crippen LogP contribution in [0.4, 0.5) is 0 Å². The highest BCUT2D eigenvalue weighted by molar-refractivity contribution is 5.85. The number of aromatic nitrogens is 3. The van der Waals surface area contributed by atoms with Gasteiger partial charge in [-0.25, -0.2) is 0 Å². The van der Waals surface area contributed by atoms with Gasteiger partial charge in [0.25, 0.3) is 0 Å². The van der Waals surface area contributed by atoms with Gasteiger partial charge in [-0.2, -0.15) is 5.10 Å². The van der Waals surface area contributed by atoms with Crippen molar-refractivity contribution in [3.8, 4) is 0 Å². The summed E-state index contributed by atoms with van der Waals surface area (Å²) in [6.07, 6.45) is 6.40. The monoisotopic (exact) mass is 294 g/mol. The van der Waals surface area contributed by atoms with Crippen molar-refractivity contribution in [3.63, 3.8) is 0 Å². The summed E-state index contributed by atoms with van der Waals surface area (Å²) in [5.41, 5.74) is 5.44. The van der Waals surface area contributed by atoms with Crippen LogP contribution in [0.1, 0.15) is 35.6 Å². The first-order chi connectivity index (χ1) is 10.8. The average molecular weight is 294 g/mol. The maximum Gasteiger partial charge on any atom is 0.0532 e. The minimum absolute atomic E-state index is 0.678. The molecule has 2 N–H and O–H groups in total. The second-order valence-corrected chi connectivity index (χ2v) is 6.37. The van der Waals surface area contributed by atoms with Gasteiger partial charge in [0.2, 0.25) is 0 Å². The van der Waals surface area contributed by atoms with Crippen LogP contribution < -0.4 is 0 Å². The summed E-state index contributed by atoms with van der Waals surface area (Å²) in [7, 11) is 0. The molecule has 0 spiro atoms. The van der Waals surface area contributed by atoms with Crippen LogP contribution in [0.15, 0.2) is 36.7 Å². The molecule has 0 atom stereocenters. The number of para-hydroxylation sites is 1. The Kier molecular flexibility index (Phi) is 3.47. The van der Waals surface area contributed by atoms with E-state index < -0.39 is 0 Å². The minimum Gasteiger partial charge on any atom is -0.358 e. The Hall–Kier alpha value is -2.07. The number of piperidine rings is 1. The zero-order valence-corrected chi connectivity index (χ0v) is 13.0. The van der Waals surface area contributed by atoms with Crippen molar-refractivity contribution in [1.82, 2.24) is 20.1 Å².